The highest BCUT2D eigenvalue weighted by Gasteiger charge is 2.47. The Hall–Kier alpha value is -2.16. The molecule has 2 atom stereocenters. The van der Waals surface area contributed by atoms with Crippen molar-refractivity contribution in [3.05, 3.63) is 0 Å². The molecule has 9 heteroatoms. The van der Waals surface area contributed by atoms with E-state index in [4.69, 9.17) is 4.74 Å². The van der Waals surface area contributed by atoms with Crippen molar-refractivity contribution in [2.75, 3.05) is 39.8 Å². The van der Waals surface area contributed by atoms with Crippen LogP contribution in [-0.4, -0.2) is 86.4 Å². The predicted molar refractivity (Wildman–Crippen MR) is 150 cm³/mol. The van der Waals surface area contributed by atoms with Gasteiger partial charge in [-0.05, 0) is 50.4 Å². The second-order valence-corrected chi connectivity index (χ2v) is 11.8. The van der Waals surface area contributed by atoms with E-state index in [-0.39, 0.29) is 23.3 Å². The van der Waals surface area contributed by atoms with Crippen molar-refractivity contribution >= 4 is 24.6 Å². The van der Waals surface area contributed by atoms with E-state index < -0.39 is 6.04 Å². The molecule has 0 aromatic heterocycles. The lowest BCUT2D eigenvalue weighted by Crippen LogP contribution is -2.56. The van der Waals surface area contributed by atoms with E-state index in [1.807, 2.05) is 25.7 Å². The van der Waals surface area contributed by atoms with Crippen molar-refractivity contribution in [3.63, 3.8) is 0 Å². The van der Waals surface area contributed by atoms with Gasteiger partial charge in [-0.25, -0.2) is 0 Å². The van der Waals surface area contributed by atoms with Crippen LogP contribution in [0.4, 0.5) is 0 Å². The third-order valence-corrected chi connectivity index (χ3v) is 7.93. The summed E-state index contributed by atoms with van der Waals surface area (Å²) in [6.07, 6.45) is 11.4. The SMILES string of the molecule is CC.CC(=O)N1CCC2(CN(C=O)C2)C1.CC1(C)CC1.CNC(=O)C(NC=O)C(C)OCC1CCCCC1. The maximum absolute atomic E-state index is 11.6. The van der Waals surface area contributed by atoms with Crippen molar-refractivity contribution in [2.24, 2.45) is 16.7 Å². The van der Waals surface area contributed by atoms with Gasteiger partial charge in [0.25, 0.3) is 0 Å². The minimum Gasteiger partial charge on any atom is -0.376 e. The number of likely N-dealkylation sites (N-methyl/N-ethyl adjacent to an activating group) is 1. The first kappa shape index (κ1) is 33.9. The van der Waals surface area contributed by atoms with Crippen LogP contribution in [0, 0.1) is 16.7 Å². The van der Waals surface area contributed by atoms with Gasteiger partial charge in [-0.3, -0.25) is 19.2 Å². The molecule has 4 aliphatic rings. The van der Waals surface area contributed by atoms with Gasteiger partial charge in [-0.2, -0.15) is 0 Å². The van der Waals surface area contributed by atoms with E-state index >= 15 is 0 Å². The van der Waals surface area contributed by atoms with Gasteiger partial charge in [0.1, 0.15) is 6.04 Å². The van der Waals surface area contributed by atoms with E-state index in [2.05, 4.69) is 24.5 Å². The van der Waals surface area contributed by atoms with Crippen LogP contribution in [0.1, 0.15) is 92.9 Å². The van der Waals surface area contributed by atoms with Gasteiger partial charge in [0.2, 0.25) is 24.6 Å². The molecule has 1 spiro atoms. The molecule has 0 aromatic rings. The normalized spacial score (nSPS) is 22.0. The first-order chi connectivity index (χ1) is 18.0. The molecule has 4 rings (SSSR count). The Kier molecular flexibility index (Phi) is 14.9. The van der Waals surface area contributed by atoms with Crippen LogP contribution in [0.3, 0.4) is 0 Å². The minimum absolute atomic E-state index is 0.154. The molecule has 2 aliphatic carbocycles. The summed E-state index contributed by atoms with van der Waals surface area (Å²) >= 11 is 0. The zero-order valence-electron chi connectivity index (χ0n) is 25.0. The average Bonchev–Trinajstić information content (AvgIpc) is 3.41. The molecule has 2 saturated carbocycles. The lowest BCUT2D eigenvalue weighted by molar-refractivity contribution is -0.131. The number of hydrogen-bond acceptors (Lipinski definition) is 5. The molecule has 4 fully saturated rings. The summed E-state index contributed by atoms with van der Waals surface area (Å²) in [6, 6.07) is -0.615. The number of nitrogens with zero attached hydrogens (tertiary/aromatic N) is 2. The maximum atomic E-state index is 11.6. The van der Waals surface area contributed by atoms with Gasteiger partial charge in [-0.15, -0.1) is 0 Å². The Morgan fingerprint density at radius 1 is 1.03 bits per heavy atom. The number of rotatable bonds is 8. The highest BCUT2D eigenvalue weighted by molar-refractivity contribution is 5.83. The average molecular weight is 539 g/mol. The molecule has 0 bridgehead atoms. The molecule has 2 aliphatic heterocycles. The number of amides is 4. The van der Waals surface area contributed by atoms with Crippen molar-refractivity contribution < 1.29 is 23.9 Å². The molecule has 2 N–H and O–H groups in total. The Morgan fingerprint density at radius 2 is 1.61 bits per heavy atom. The van der Waals surface area contributed by atoms with E-state index in [1.54, 1.807) is 18.9 Å². The van der Waals surface area contributed by atoms with E-state index in [9.17, 15) is 19.2 Å². The fourth-order valence-electron chi connectivity index (χ4n) is 4.99. The van der Waals surface area contributed by atoms with Crippen LogP contribution < -0.4 is 10.6 Å². The van der Waals surface area contributed by atoms with Crippen LogP contribution in [0.5, 0.6) is 0 Å². The zero-order valence-corrected chi connectivity index (χ0v) is 25.0. The van der Waals surface area contributed by atoms with Crippen LogP contribution in [-0.2, 0) is 23.9 Å². The van der Waals surface area contributed by atoms with Gasteiger partial charge < -0.3 is 25.2 Å². The molecule has 9 nitrogen and oxygen atoms in total. The Morgan fingerprint density at radius 3 is 2.03 bits per heavy atom. The minimum atomic E-state index is -0.615. The van der Waals surface area contributed by atoms with Crippen molar-refractivity contribution in [1.29, 1.82) is 0 Å². The lowest BCUT2D eigenvalue weighted by atomic mass is 9.79. The maximum Gasteiger partial charge on any atom is 0.245 e. The van der Waals surface area contributed by atoms with Gasteiger partial charge in [0.15, 0.2) is 0 Å². The summed E-state index contributed by atoms with van der Waals surface area (Å²) in [5, 5.41) is 5.03. The standard InChI is InChI=1S/C13H24N2O3.C9H14N2O2.C5H10.C2H6/c1-10(12(15-9-16)13(17)14-2)18-8-11-6-4-3-5-7-11;1-8(13)11-3-2-9(6-11)4-10(5-9)7-12;1-5(2)3-4-5;1-2/h9-12H,3-8H2,1-2H3,(H,14,17)(H,15,16);7H,2-6H2,1H3;3-4H2,1-2H3;1-2H3. The number of nitrogens with one attached hydrogen (secondary N) is 2. The van der Waals surface area contributed by atoms with Gasteiger partial charge in [-0.1, -0.05) is 47.0 Å². The molecule has 4 amide bonds. The van der Waals surface area contributed by atoms with Crippen LogP contribution in [0.2, 0.25) is 0 Å². The summed E-state index contributed by atoms with van der Waals surface area (Å²) in [5.41, 5.74) is 0.993. The van der Waals surface area contributed by atoms with Crippen molar-refractivity contribution in [1.82, 2.24) is 20.4 Å². The molecule has 2 heterocycles. The first-order valence-corrected chi connectivity index (χ1v) is 14.5. The lowest BCUT2D eigenvalue weighted by Gasteiger charge is -2.45. The Labute approximate surface area is 230 Å². The van der Waals surface area contributed by atoms with Gasteiger partial charge in [0, 0.05) is 52.2 Å². The quantitative estimate of drug-likeness (QED) is 0.461. The van der Waals surface area contributed by atoms with Crippen LogP contribution in [0.25, 0.3) is 0 Å². The fraction of sp³-hybridized carbons (Fsp3) is 0.862. The first-order valence-electron chi connectivity index (χ1n) is 14.5. The molecule has 2 saturated heterocycles. The van der Waals surface area contributed by atoms with Crippen LogP contribution >= 0.6 is 0 Å². The van der Waals surface area contributed by atoms with Gasteiger partial charge in [0.05, 0.1) is 6.10 Å². The Bertz CT molecular complexity index is 726. The topological polar surface area (TPSA) is 108 Å². The van der Waals surface area contributed by atoms with Crippen molar-refractivity contribution in [3.8, 4) is 0 Å². The Balaban J connectivity index is 0.000000311. The highest BCUT2D eigenvalue weighted by Crippen LogP contribution is 2.43. The predicted octanol–water partition coefficient (Wildman–Crippen LogP) is 3.36. The zero-order chi connectivity index (χ0) is 28.8. The molecule has 0 radical (unpaired) electrons. The largest absolute Gasteiger partial charge is 0.376 e. The fourth-order valence-corrected chi connectivity index (χ4v) is 4.99. The summed E-state index contributed by atoms with van der Waals surface area (Å²) in [4.78, 5) is 47.2. The smallest absolute Gasteiger partial charge is 0.245 e. The molecule has 2 unspecified atom stereocenters. The van der Waals surface area contributed by atoms with Crippen molar-refractivity contribution in [2.45, 2.75) is 105 Å². The molecule has 38 heavy (non-hydrogen) atoms. The summed E-state index contributed by atoms with van der Waals surface area (Å²) in [6.45, 7) is 16.1. The summed E-state index contributed by atoms with van der Waals surface area (Å²) in [7, 11) is 1.55. The van der Waals surface area contributed by atoms with Gasteiger partial charge >= 0.3 is 0 Å². The molecular formula is C29H54N4O5. The van der Waals surface area contributed by atoms with E-state index in [0.29, 0.717) is 18.9 Å². The van der Waals surface area contributed by atoms with E-state index in [1.165, 1.54) is 44.9 Å². The summed E-state index contributed by atoms with van der Waals surface area (Å²) in [5.74, 6) is 0.530. The number of carbonyl (C=O) groups excluding carboxylic acids is 4. The third kappa shape index (κ3) is 11.7. The molecule has 0 aromatic carbocycles. The monoisotopic (exact) mass is 538 g/mol. The summed E-state index contributed by atoms with van der Waals surface area (Å²) < 4.78 is 5.74. The third-order valence-electron chi connectivity index (χ3n) is 7.93. The van der Waals surface area contributed by atoms with E-state index in [0.717, 1.165) is 44.4 Å². The second-order valence-electron chi connectivity index (χ2n) is 11.8. The number of likely N-dealkylation sites (tertiary alicyclic amines) is 2. The number of hydrogen-bond donors (Lipinski definition) is 2. The molecule has 220 valence electrons. The second kappa shape index (κ2) is 16.7. The number of ether oxygens (including phenoxy) is 1. The van der Waals surface area contributed by atoms with Crippen LogP contribution in [0.15, 0.2) is 0 Å². The number of carbonyl (C=O) groups is 4. The highest BCUT2D eigenvalue weighted by atomic mass is 16.5. The molecular weight excluding hydrogens is 484 g/mol.